The molecule has 0 amide bonds. The Hall–Kier alpha value is -3.91. The van der Waals surface area contributed by atoms with Gasteiger partial charge in [0.05, 0.1) is 22.3 Å². The molecule has 3 heterocycles. The molecular weight excluding hydrogens is 448 g/mol. The van der Waals surface area contributed by atoms with E-state index in [-0.39, 0.29) is 17.1 Å². The highest BCUT2D eigenvalue weighted by molar-refractivity contribution is 7.99. The van der Waals surface area contributed by atoms with E-state index in [1.165, 1.54) is 11.8 Å². The molecule has 0 spiro atoms. The molecular formula is C26H22N4O3S. The first-order valence-electron chi connectivity index (χ1n) is 10.8. The first kappa shape index (κ1) is 21.9. The number of carbonyl (C=O) groups is 1. The number of benzene rings is 2. The molecule has 0 atom stereocenters. The first-order chi connectivity index (χ1) is 16.4. The van der Waals surface area contributed by atoms with Crippen molar-refractivity contribution in [2.45, 2.75) is 25.9 Å². The van der Waals surface area contributed by atoms with Gasteiger partial charge in [-0.25, -0.2) is 4.98 Å². The zero-order valence-corrected chi connectivity index (χ0v) is 19.8. The van der Waals surface area contributed by atoms with E-state index >= 15 is 0 Å². The van der Waals surface area contributed by atoms with Crippen LogP contribution in [0.5, 0.6) is 0 Å². The highest BCUT2D eigenvalue weighted by atomic mass is 32.2. The quantitative estimate of drug-likeness (QED) is 0.196. The van der Waals surface area contributed by atoms with Crippen LogP contribution in [0.15, 0.2) is 81.2 Å². The molecule has 0 unspecified atom stereocenters. The van der Waals surface area contributed by atoms with Crippen LogP contribution in [0.2, 0.25) is 0 Å². The summed E-state index contributed by atoms with van der Waals surface area (Å²) in [6, 6.07) is 20.3. The molecule has 8 heteroatoms. The standard InChI is InChI=1S/C26H22N4O3S/c1-16-13-21(18(3)29(16)24-14-17(2)33-28-24)23(31)15-34-26-27-22-12-8-7-11-20(22)25(32)30(26)19-9-5-4-6-10-19/h4-14H,15H2,1-3H3. The SMILES string of the molecule is Cc1cc(-n2c(C)cc(C(=O)CSc3nc4ccccc4c(=O)n3-c3ccccc3)c2C)no1. The van der Waals surface area contributed by atoms with E-state index in [0.717, 1.165) is 11.4 Å². The first-order valence-corrected chi connectivity index (χ1v) is 11.8. The maximum absolute atomic E-state index is 13.3. The molecule has 3 aromatic heterocycles. The van der Waals surface area contributed by atoms with Crippen molar-refractivity contribution in [3.05, 3.63) is 99.8 Å². The zero-order valence-electron chi connectivity index (χ0n) is 19.0. The van der Waals surface area contributed by atoms with Crippen LogP contribution in [0.1, 0.15) is 27.5 Å². The van der Waals surface area contributed by atoms with E-state index in [2.05, 4.69) is 5.16 Å². The van der Waals surface area contributed by atoms with Gasteiger partial charge in [0.2, 0.25) is 0 Å². The van der Waals surface area contributed by atoms with Crippen LogP contribution >= 0.6 is 11.8 Å². The van der Waals surface area contributed by atoms with Crippen LogP contribution in [-0.2, 0) is 0 Å². The lowest BCUT2D eigenvalue weighted by atomic mass is 10.2. The summed E-state index contributed by atoms with van der Waals surface area (Å²) >= 11 is 1.26. The van der Waals surface area contributed by atoms with Gasteiger partial charge in [-0.3, -0.25) is 18.7 Å². The molecule has 34 heavy (non-hydrogen) atoms. The number of Topliss-reactive ketones (excluding diaryl/α,β-unsaturated/α-hetero) is 1. The molecule has 170 valence electrons. The van der Waals surface area contributed by atoms with Gasteiger partial charge in [0, 0.05) is 23.0 Å². The van der Waals surface area contributed by atoms with Crippen molar-refractivity contribution >= 4 is 28.4 Å². The van der Waals surface area contributed by atoms with Crippen molar-refractivity contribution in [2.24, 2.45) is 0 Å². The second-order valence-electron chi connectivity index (χ2n) is 8.02. The number of carbonyl (C=O) groups excluding carboxylic acids is 1. The molecule has 5 rings (SSSR count). The minimum Gasteiger partial charge on any atom is -0.360 e. The predicted octanol–water partition coefficient (Wildman–Crippen LogP) is 5.06. The molecule has 2 aromatic carbocycles. The Labute approximate surface area is 200 Å². The second kappa shape index (κ2) is 8.79. The maximum atomic E-state index is 13.3. The summed E-state index contributed by atoms with van der Waals surface area (Å²) in [4.78, 5) is 31.3. The molecule has 0 aliphatic rings. The lowest BCUT2D eigenvalue weighted by Crippen LogP contribution is -2.22. The van der Waals surface area contributed by atoms with Gasteiger partial charge in [-0.05, 0) is 51.1 Å². The smallest absolute Gasteiger partial charge is 0.266 e. The average molecular weight is 471 g/mol. The highest BCUT2D eigenvalue weighted by Crippen LogP contribution is 2.25. The van der Waals surface area contributed by atoms with Crippen LogP contribution in [-0.4, -0.2) is 30.8 Å². The summed E-state index contributed by atoms with van der Waals surface area (Å²) in [6.07, 6.45) is 0. The third kappa shape index (κ3) is 3.86. The van der Waals surface area contributed by atoms with Crippen LogP contribution in [0.25, 0.3) is 22.4 Å². The molecule has 0 N–H and O–H groups in total. The van der Waals surface area contributed by atoms with E-state index < -0.39 is 0 Å². The van der Waals surface area contributed by atoms with Gasteiger partial charge in [0.15, 0.2) is 16.8 Å². The lowest BCUT2D eigenvalue weighted by molar-refractivity contribution is 0.102. The molecule has 0 radical (unpaired) electrons. The van der Waals surface area contributed by atoms with Crippen molar-refractivity contribution in [1.82, 2.24) is 19.3 Å². The van der Waals surface area contributed by atoms with Crippen LogP contribution in [0.4, 0.5) is 0 Å². The fourth-order valence-electron chi connectivity index (χ4n) is 4.08. The topological polar surface area (TPSA) is 82.9 Å². The summed E-state index contributed by atoms with van der Waals surface area (Å²) in [6.45, 7) is 5.65. The number of rotatable bonds is 6. The van der Waals surface area contributed by atoms with Crippen molar-refractivity contribution < 1.29 is 9.32 Å². The van der Waals surface area contributed by atoms with Crippen molar-refractivity contribution in [2.75, 3.05) is 5.75 Å². The van der Waals surface area contributed by atoms with Crippen LogP contribution < -0.4 is 5.56 Å². The van der Waals surface area contributed by atoms with Gasteiger partial charge in [0.25, 0.3) is 5.56 Å². The molecule has 7 nitrogen and oxygen atoms in total. The van der Waals surface area contributed by atoms with Gasteiger partial charge in [-0.1, -0.05) is 47.3 Å². The Morgan fingerprint density at radius 2 is 1.71 bits per heavy atom. The van der Waals surface area contributed by atoms with Crippen molar-refractivity contribution in [3.8, 4) is 11.5 Å². The molecule has 5 aromatic rings. The number of fused-ring (bicyclic) bond motifs is 1. The van der Waals surface area contributed by atoms with E-state index in [0.29, 0.717) is 38.9 Å². The Kier molecular flexibility index (Phi) is 5.67. The van der Waals surface area contributed by atoms with Gasteiger partial charge in [0.1, 0.15) is 5.76 Å². The molecule has 0 fully saturated rings. The highest BCUT2D eigenvalue weighted by Gasteiger charge is 2.20. The minimum atomic E-state index is -0.161. The zero-order chi connectivity index (χ0) is 23.8. The molecule has 0 saturated carbocycles. The maximum Gasteiger partial charge on any atom is 0.266 e. The summed E-state index contributed by atoms with van der Waals surface area (Å²) in [5.74, 6) is 1.44. The van der Waals surface area contributed by atoms with Crippen molar-refractivity contribution in [1.29, 1.82) is 0 Å². The normalized spacial score (nSPS) is 11.3. The number of hydrogen-bond donors (Lipinski definition) is 0. The van der Waals surface area contributed by atoms with Gasteiger partial charge >= 0.3 is 0 Å². The number of hydrogen-bond acceptors (Lipinski definition) is 6. The minimum absolute atomic E-state index is 0.0495. The van der Waals surface area contributed by atoms with Crippen LogP contribution in [0.3, 0.4) is 0 Å². The van der Waals surface area contributed by atoms with Gasteiger partial charge in [-0.15, -0.1) is 0 Å². The number of nitrogens with zero attached hydrogens (tertiary/aromatic N) is 4. The van der Waals surface area contributed by atoms with E-state index in [1.807, 2.05) is 86.0 Å². The fraction of sp³-hybridized carbons (Fsp3) is 0.154. The van der Waals surface area contributed by atoms with Crippen LogP contribution in [0, 0.1) is 20.8 Å². The molecule has 0 bridgehead atoms. The monoisotopic (exact) mass is 470 g/mol. The largest absolute Gasteiger partial charge is 0.360 e. The number of para-hydroxylation sites is 2. The number of aromatic nitrogens is 4. The third-order valence-corrected chi connectivity index (χ3v) is 6.61. The van der Waals surface area contributed by atoms with Gasteiger partial charge < -0.3 is 4.52 Å². The third-order valence-electron chi connectivity index (χ3n) is 5.67. The Morgan fingerprint density at radius 1 is 0.971 bits per heavy atom. The summed E-state index contributed by atoms with van der Waals surface area (Å²) in [5, 5.41) is 5.09. The number of ketones is 1. The summed E-state index contributed by atoms with van der Waals surface area (Å²) in [5.41, 5.74) is 3.45. The predicted molar refractivity (Wildman–Crippen MR) is 132 cm³/mol. The summed E-state index contributed by atoms with van der Waals surface area (Å²) in [7, 11) is 0. The van der Waals surface area contributed by atoms with E-state index in [4.69, 9.17) is 9.51 Å². The second-order valence-corrected chi connectivity index (χ2v) is 8.96. The van der Waals surface area contributed by atoms with Gasteiger partial charge in [-0.2, -0.15) is 0 Å². The van der Waals surface area contributed by atoms with E-state index in [9.17, 15) is 9.59 Å². The Morgan fingerprint density at radius 3 is 2.44 bits per heavy atom. The molecule has 0 aliphatic heterocycles. The van der Waals surface area contributed by atoms with E-state index in [1.54, 1.807) is 10.6 Å². The lowest BCUT2D eigenvalue weighted by Gasteiger charge is -2.13. The fourth-order valence-corrected chi connectivity index (χ4v) is 4.97. The number of thioether (sulfide) groups is 1. The number of aryl methyl sites for hydroxylation is 2. The Bertz CT molecular complexity index is 1580. The van der Waals surface area contributed by atoms with Crippen molar-refractivity contribution in [3.63, 3.8) is 0 Å². The average Bonchev–Trinajstić information content (AvgIpc) is 3.39. The summed E-state index contributed by atoms with van der Waals surface area (Å²) < 4.78 is 8.68. The molecule has 0 saturated heterocycles. The molecule has 0 aliphatic carbocycles. The Balaban J connectivity index is 1.50.